The monoisotopic (exact) mass is 389 g/mol. The normalized spacial score (nSPS) is 14.3. The quantitative estimate of drug-likeness (QED) is 0.700. The van der Waals surface area contributed by atoms with Gasteiger partial charge in [0.1, 0.15) is 12.7 Å². The second kappa shape index (κ2) is 7.87. The Hall–Kier alpha value is -3.48. The molecule has 148 valence electrons. The second-order valence-electron chi connectivity index (χ2n) is 7.36. The van der Waals surface area contributed by atoms with Crippen LogP contribution >= 0.6 is 0 Å². The lowest BCUT2D eigenvalue weighted by atomic mass is 10.1. The SMILES string of the molecule is CC(c1ccc(-n2cncn2)cc1)N(C)C(=O)c1ccc(NC(=O)C2CC2)cc1. The Balaban J connectivity index is 1.41. The molecule has 4 rings (SSSR count). The minimum absolute atomic E-state index is 0.0594. The first kappa shape index (κ1) is 18.9. The van der Waals surface area contributed by atoms with Gasteiger partial charge >= 0.3 is 0 Å². The van der Waals surface area contributed by atoms with Crippen molar-refractivity contribution in [3.63, 3.8) is 0 Å². The number of nitrogens with one attached hydrogen (secondary N) is 1. The van der Waals surface area contributed by atoms with Gasteiger partial charge in [0.05, 0.1) is 11.7 Å². The van der Waals surface area contributed by atoms with E-state index in [1.165, 1.54) is 6.33 Å². The van der Waals surface area contributed by atoms with Gasteiger partial charge in [0, 0.05) is 24.2 Å². The van der Waals surface area contributed by atoms with Crippen molar-refractivity contribution in [1.29, 1.82) is 0 Å². The Morgan fingerprint density at radius 2 is 1.79 bits per heavy atom. The third kappa shape index (κ3) is 4.18. The molecule has 1 heterocycles. The molecule has 1 atom stereocenters. The first-order valence-corrected chi connectivity index (χ1v) is 9.66. The van der Waals surface area contributed by atoms with Crippen LogP contribution in [0.25, 0.3) is 5.69 Å². The predicted octanol–water partition coefficient (Wildman–Crippen LogP) is 3.45. The molecule has 29 heavy (non-hydrogen) atoms. The smallest absolute Gasteiger partial charge is 0.254 e. The summed E-state index contributed by atoms with van der Waals surface area (Å²) in [6.07, 6.45) is 5.06. The van der Waals surface area contributed by atoms with E-state index in [0.717, 1.165) is 29.8 Å². The van der Waals surface area contributed by atoms with Crippen molar-refractivity contribution in [2.24, 2.45) is 5.92 Å². The molecule has 0 spiro atoms. The van der Waals surface area contributed by atoms with Crippen molar-refractivity contribution in [3.8, 4) is 5.69 Å². The van der Waals surface area contributed by atoms with E-state index in [9.17, 15) is 9.59 Å². The minimum atomic E-state index is -0.0958. The van der Waals surface area contributed by atoms with Gasteiger partial charge in [0.25, 0.3) is 5.91 Å². The molecule has 0 aliphatic heterocycles. The van der Waals surface area contributed by atoms with E-state index in [-0.39, 0.29) is 23.8 Å². The van der Waals surface area contributed by atoms with E-state index < -0.39 is 0 Å². The van der Waals surface area contributed by atoms with Crippen molar-refractivity contribution in [1.82, 2.24) is 19.7 Å². The number of carbonyl (C=O) groups excluding carboxylic acids is 2. The van der Waals surface area contributed by atoms with E-state index in [1.807, 2.05) is 31.2 Å². The van der Waals surface area contributed by atoms with Gasteiger partial charge in [-0.2, -0.15) is 5.10 Å². The zero-order valence-electron chi connectivity index (χ0n) is 16.4. The maximum atomic E-state index is 12.9. The highest BCUT2D eigenvalue weighted by molar-refractivity contribution is 5.96. The van der Waals surface area contributed by atoms with Crippen LogP contribution in [0.2, 0.25) is 0 Å². The van der Waals surface area contributed by atoms with Crippen LogP contribution in [0.1, 0.15) is 41.7 Å². The lowest BCUT2D eigenvalue weighted by Gasteiger charge is -2.25. The molecule has 7 heteroatoms. The van der Waals surface area contributed by atoms with Crippen molar-refractivity contribution in [2.45, 2.75) is 25.8 Å². The van der Waals surface area contributed by atoms with Crippen LogP contribution in [0.15, 0.2) is 61.2 Å². The van der Waals surface area contributed by atoms with E-state index in [0.29, 0.717) is 5.56 Å². The zero-order valence-corrected chi connectivity index (χ0v) is 16.4. The zero-order chi connectivity index (χ0) is 20.4. The lowest BCUT2D eigenvalue weighted by molar-refractivity contribution is -0.117. The number of aromatic nitrogens is 3. The molecular weight excluding hydrogens is 366 g/mol. The summed E-state index contributed by atoms with van der Waals surface area (Å²) in [4.78, 5) is 30.4. The third-order valence-electron chi connectivity index (χ3n) is 5.31. The molecule has 0 saturated heterocycles. The van der Waals surface area contributed by atoms with Crippen LogP contribution in [0.3, 0.4) is 0 Å². The summed E-state index contributed by atoms with van der Waals surface area (Å²) in [5.74, 6) is 0.140. The number of anilines is 1. The summed E-state index contributed by atoms with van der Waals surface area (Å²) in [6.45, 7) is 1.99. The maximum absolute atomic E-state index is 12.9. The predicted molar refractivity (Wildman–Crippen MR) is 110 cm³/mol. The topological polar surface area (TPSA) is 80.1 Å². The van der Waals surface area contributed by atoms with Crippen LogP contribution in [-0.2, 0) is 4.79 Å². The van der Waals surface area contributed by atoms with Crippen LogP contribution in [0.4, 0.5) is 5.69 Å². The molecule has 1 fully saturated rings. The first-order chi connectivity index (χ1) is 14.0. The number of carbonyl (C=O) groups is 2. The number of hydrogen-bond donors (Lipinski definition) is 1. The summed E-state index contributed by atoms with van der Waals surface area (Å²) in [5, 5.41) is 7.01. The van der Waals surface area contributed by atoms with E-state index in [2.05, 4.69) is 15.4 Å². The summed E-state index contributed by atoms with van der Waals surface area (Å²) in [5.41, 5.74) is 3.25. The molecule has 1 aromatic heterocycles. The molecule has 1 aliphatic rings. The molecule has 2 aromatic carbocycles. The molecule has 7 nitrogen and oxygen atoms in total. The maximum Gasteiger partial charge on any atom is 0.254 e. The molecule has 2 amide bonds. The first-order valence-electron chi connectivity index (χ1n) is 9.66. The summed E-state index contributed by atoms with van der Waals surface area (Å²) >= 11 is 0. The fourth-order valence-corrected chi connectivity index (χ4v) is 3.14. The Morgan fingerprint density at radius 1 is 1.10 bits per heavy atom. The van der Waals surface area contributed by atoms with E-state index in [4.69, 9.17) is 0 Å². The highest BCUT2D eigenvalue weighted by Crippen LogP contribution is 2.30. The molecule has 0 bridgehead atoms. The van der Waals surface area contributed by atoms with Gasteiger partial charge in [-0.3, -0.25) is 9.59 Å². The summed E-state index contributed by atoms with van der Waals surface area (Å²) < 4.78 is 1.69. The second-order valence-corrected chi connectivity index (χ2v) is 7.36. The largest absolute Gasteiger partial charge is 0.335 e. The molecule has 3 aromatic rings. The van der Waals surface area contributed by atoms with Gasteiger partial charge in [-0.1, -0.05) is 12.1 Å². The van der Waals surface area contributed by atoms with Gasteiger partial charge in [-0.05, 0) is 61.7 Å². The fourth-order valence-electron chi connectivity index (χ4n) is 3.14. The Kier molecular flexibility index (Phi) is 5.12. The van der Waals surface area contributed by atoms with Crippen molar-refractivity contribution < 1.29 is 9.59 Å². The number of nitrogens with zero attached hydrogens (tertiary/aromatic N) is 4. The molecule has 0 radical (unpaired) electrons. The fraction of sp³-hybridized carbons (Fsp3) is 0.273. The highest BCUT2D eigenvalue weighted by atomic mass is 16.2. The van der Waals surface area contributed by atoms with Gasteiger partial charge in [0.2, 0.25) is 5.91 Å². The number of hydrogen-bond acceptors (Lipinski definition) is 4. The van der Waals surface area contributed by atoms with Crippen LogP contribution in [0, 0.1) is 5.92 Å². The van der Waals surface area contributed by atoms with Crippen molar-refractivity contribution in [3.05, 3.63) is 72.3 Å². The minimum Gasteiger partial charge on any atom is -0.335 e. The highest BCUT2D eigenvalue weighted by Gasteiger charge is 2.29. The van der Waals surface area contributed by atoms with Crippen LogP contribution < -0.4 is 5.32 Å². The van der Waals surface area contributed by atoms with E-state index >= 15 is 0 Å². The molecule has 1 aliphatic carbocycles. The number of rotatable bonds is 6. The van der Waals surface area contributed by atoms with Crippen molar-refractivity contribution >= 4 is 17.5 Å². The molecule has 1 N–H and O–H groups in total. The molecular formula is C22H23N5O2. The average molecular weight is 389 g/mol. The van der Waals surface area contributed by atoms with Crippen molar-refractivity contribution in [2.75, 3.05) is 12.4 Å². The standard InChI is InChI=1S/C22H23N5O2/c1-15(16-7-11-20(12-8-16)27-14-23-13-24-27)26(2)22(29)18-5-9-19(10-6-18)25-21(28)17-3-4-17/h5-15,17H,3-4H2,1-2H3,(H,25,28). The summed E-state index contributed by atoms with van der Waals surface area (Å²) in [6, 6.07) is 14.8. The number of benzene rings is 2. The van der Waals surface area contributed by atoms with E-state index in [1.54, 1.807) is 47.2 Å². The van der Waals surface area contributed by atoms with Crippen LogP contribution in [0.5, 0.6) is 0 Å². The lowest BCUT2D eigenvalue weighted by Crippen LogP contribution is -2.29. The Bertz CT molecular complexity index is 993. The van der Waals surface area contributed by atoms with Gasteiger partial charge in [-0.15, -0.1) is 0 Å². The molecule has 1 saturated carbocycles. The van der Waals surface area contributed by atoms with Crippen LogP contribution in [-0.4, -0.2) is 38.5 Å². The van der Waals surface area contributed by atoms with Gasteiger partial charge in [0.15, 0.2) is 0 Å². The summed E-state index contributed by atoms with van der Waals surface area (Å²) in [7, 11) is 1.79. The molecule has 1 unspecified atom stereocenters. The van der Waals surface area contributed by atoms with Gasteiger partial charge in [-0.25, -0.2) is 9.67 Å². The Labute approximate surface area is 169 Å². The Morgan fingerprint density at radius 3 is 2.38 bits per heavy atom. The third-order valence-corrected chi connectivity index (χ3v) is 5.31. The van der Waals surface area contributed by atoms with Gasteiger partial charge < -0.3 is 10.2 Å². The average Bonchev–Trinajstić information content (AvgIpc) is 3.47. The number of amides is 2.